The SMILES string of the molecule is CC(C)(C)OC(=O)N1CCc2[nH]c3cc(Oc4ccccc4)ccc3c2CC1. The van der Waals surface area contributed by atoms with Crippen LogP contribution in [-0.2, 0) is 17.6 Å². The van der Waals surface area contributed by atoms with Gasteiger partial charge in [0.1, 0.15) is 17.1 Å². The number of benzene rings is 2. The molecule has 0 bridgehead atoms. The van der Waals surface area contributed by atoms with Crippen molar-refractivity contribution in [1.29, 1.82) is 0 Å². The van der Waals surface area contributed by atoms with Gasteiger partial charge in [-0.2, -0.15) is 0 Å². The third-order valence-corrected chi connectivity index (χ3v) is 4.86. The van der Waals surface area contributed by atoms with Gasteiger partial charge >= 0.3 is 6.09 Å². The summed E-state index contributed by atoms with van der Waals surface area (Å²) in [5.74, 6) is 1.63. The lowest BCUT2D eigenvalue weighted by Crippen LogP contribution is -2.38. The number of ether oxygens (including phenoxy) is 2. The summed E-state index contributed by atoms with van der Waals surface area (Å²) in [5.41, 5.74) is 3.08. The van der Waals surface area contributed by atoms with Crippen molar-refractivity contribution in [2.75, 3.05) is 13.1 Å². The minimum atomic E-state index is -0.473. The Hall–Kier alpha value is -2.95. The first-order chi connectivity index (χ1) is 13.4. The molecule has 0 atom stereocenters. The zero-order valence-electron chi connectivity index (χ0n) is 16.6. The van der Waals surface area contributed by atoms with Crippen molar-refractivity contribution in [2.24, 2.45) is 0 Å². The molecule has 0 unspecified atom stereocenters. The van der Waals surface area contributed by atoms with Crippen LogP contribution in [0.15, 0.2) is 48.5 Å². The first-order valence-electron chi connectivity index (χ1n) is 9.73. The van der Waals surface area contributed by atoms with Crippen molar-refractivity contribution in [3.05, 3.63) is 59.8 Å². The summed E-state index contributed by atoms with van der Waals surface area (Å²) in [6, 6.07) is 15.9. The van der Waals surface area contributed by atoms with Crippen LogP contribution in [0.25, 0.3) is 10.9 Å². The molecular weight excluding hydrogens is 352 g/mol. The molecule has 1 amide bonds. The molecule has 0 fully saturated rings. The second kappa shape index (κ2) is 7.23. The maximum atomic E-state index is 12.4. The van der Waals surface area contributed by atoms with Gasteiger partial charge in [-0.1, -0.05) is 18.2 Å². The predicted octanol–water partition coefficient (Wildman–Crippen LogP) is 5.30. The summed E-state index contributed by atoms with van der Waals surface area (Å²) in [7, 11) is 0. The quantitative estimate of drug-likeness (QED) is 0.659. The van der Waals surface area contributed by atoms with Crippen molar-refractivity contribution in [1.82, 2.24) is 9.88 Å². The highest BCUT2D eigenvalue weighted by Gasteiger charge is 2.25. The summed E-state index contributed by atoms with van der Waals surface area (Å²) >= 11 is 0. The molecule has 0 spiro atoms. The first-order valence-corrected chi connectivity index (χ1v) is 9.73. The molecule has 1 aliphatic heterocycles. The maximum Gasteiger partial charge on any atom is 0.410 e. The Kier molecular flexibility index (Phi) is 4.75. The Labute approximate surface area is 165 Å². The number of H-pyrrole nitrogens is 1. The van der Waals surface area contributed by atoms with Crippen molar-refractivity contribution in [3.63, 3.8) is 0 Å². The van der Waals surface area contributed by atoms with E-state index in [9.17, 15) is 4.79 Å². The topological polar surface area (TPSA) is 54.6 Å². The fourth-order valence-electron chi connectivity index (χ4n) is 3.59. The van der Waals surface area contributed by atoms with Crippen LogP contribution in [-0.4, -0.2) is 34.7 Å². The van der Waals surface area contributed by atoms with Crippen molar-refractivity contribution >= 4 is 17.0 Å². The van der Waals surface area contributed by atoms with Gasteiger partial charge in [-0.05, 0) is 57.0 Å². The molecule has 1 N–H and O–H groups in total. The number of amides is 1. The van der Waals surface area contributed by atoms with E-state index in [4.69, 9.17) is 9.47 Å². The molecule has 0 aliphatic carbocycles. The van der Waals surface area contributed by atoms with Crippen LogP contribution in [0.5, 0.6) is 11.5 Å². The van der Waals surface area contributed by atoms with Gasteiger partial charge < -0.3 is 19.4 Å². The van der Waals surface area contributed by atoms with Gasteiger partial charge in [0.05, 0.1) is 0 Å². The summed E-state index contributed by atoms with van der Waals surface area (Å²) in [4.78, 5) is 17.7. The first kappa shape index (κ1) is 18.4. The molecule has 0 saturated carbocycles. The molecule has 2 heterocycles. The second-order valence-corrected chi connectivity index (χ2v) is 8.17. The number of para-hydroxylation sites is 1. The summed E-state index contributed by atoms with van der Waals surface area (Å²) in [5, 5.41) is 1.20. The predicted molar refractivity (Wildman–Crippen MR) is 110 cm³/mol. The van der Waals surface area contributed by atoms with Crippen LogP contribution in [0.4, 0.5) is 4.79 Å². The molecule has 0 saturated heterocycles. The molecule has 1 aromatic heterocycles. The van der Waals surface area contributed by atoms with E-state index in [2.05, 4.69) is 11.1 Å². The maximum absolute atomic E-state index is 12.4. The zero-order valence-corrected chi connectivity index (χ0v) is 16.6. The number of carbonyl (C=O) groups is 1. The fraction of sp³-hybridized carbons (Fsp3) is 0.348. The molecule has 28 heavy (non-hydrogen) atoms. The highest BCUT2D eigenvalue weighted by atomic mass is 16.6. The number of rotatable bonds is 2. The number of hydrogen-bond acceptors (Lipinski definition) is 3. The van der Waals surface area contributed by atoms with E-state index >= 15 is 0 Å². The summed E-state index contributed by atoms with van der Waals surface area (Å²) < 4.78 is 11.5. The van der Waals surface area contributed by atoms with E-state index in [1.54, 1.807) is 4.90 Å². The molecule has 4 rings (SSSR count). The van der Waals surface area contributed by atoms with E-state index in [0.29, 0.717) is 13.1 Å². The number of nitrogens with one attached hydrogen (secondary N) is 1. The minimum absolute atomic E-state index is 0.236. The standard InChI is InChI=1S/C23H26N2O3/c1-23(2,3)28-22(26)25-13-11-19-18-10-9-17(27-16-7-5-4-6-8-16)15-21(18)24-20(19)12-14-25/h4-10,15,24H,11-14H2,1-3H3. The third kappa shape index (κ3) is 3.98. The number of nitrogens with zero attached hydrogens (tertiary/aromatic N) is 1. The highest BCUT2D eigenvalue weighted by Crippen LogP contribution is 2.31. The highest BCUT2D eigenvalue weighted by molar-refractivity contribution is 5.86. The lowest BCUT2D eigenvalue weighted by atomic mass is 10.1. The van der Waals surface area contributed by atoms with Crippen LogP contribution in [0.1, 0.15) is 32.0 Å². The Morgan fingerprint density at radius 2 is 1.75 bits per heavy atom. The molecule has 2 aromatic carbocycles. The van der Waals surface area contributed by atoms with Crippen LogP contribution in [0.2, 0.25) is 0 Å². The summed E-state index contributed by atoms with van der Waals surface area (Å²) in [6.45, 7) is 7.01. The Balaban J connectivity index is 1.52. The number of aromatic amines is 1. The number of aromatic nitrogens is 1. The van der Waals surface area contributed by atoms with Gasteiger partial charge in [0.2, 0.25) is 0 Å². The van der Waals surface area contributed by atoms with E-state index in [-0.39, 0.29) is 6.09 Å². The molecule has 1 aliphatic rings. The van der Waals surface area contributed by atoms with Crippen LogP contribution in [0.3, 0.4) is 0 Å². The van der Waals surface area contributed by atoms with E-state index in [1.165, 1.54) is 16.6 Å². The van der Waals surface area contributed by atoms with Crippen molar-refractivity contribution in [2.45, 2.75) is 39.2 Å². The number of fused-ring (bicyclic) bond motifs is 3. The Bertz CT molecular complexity index is 986. The molecule has 5 nitrogen and oxygen atoms in total. The molecule has 146 valence electrons. The molecule has 3 aromatic rings. The zero-order chi connectivity index (χ0) is 19.7. The van der Waals surface area contributed by atoms with Crippen LogP contribution in [0, 0.1) is 0 Å². The van der Waals surface area contributed by atoms with Gasteiger partial charge in [-0.3, -0.25) is 0 Å². The van der Waals surface area contributed by atoms with E-state index < -0.39 is 5.60 Å². The lowest BCUT2D eigenvalue weighted by Gasteiger charge is -2.26. The number of hydrogen-bond donors (Lipinski definition) is 1. The van der Waals surface area contributed by atoms with Crippen LogP contribution >= 0.6 is 0 Å². The molecule has 5 heteroatoms. The fourth-order valence-corrected chi connectivity index (χ4v) is 3.59. The molecule has 0 radical (unpaired) electrons. The van der Waals surface area contributed by atoms with Gasteiger partial charge in [0.15, 0.2) is 0 Å². The Morgan fingerprint density at radius 1 is 1.00 bits per heavy atom. The smallest absolute Gasteiger partial charge is 0.410 e. The van der Waals surface area contributed by atoms with Crippen LogP contribution < -0.4 is 4.74 Å². The van der Waals surface area contributed by atoms with Crippen molar-refractivity contribution < 1.29 is 14.3 Å². The van der Waals surface area contributed by atoms with Gasteiger partial charge in [0, 0.05) is 42.2 Å². The van der Waals surface area contributed by atoms with Gasteiger partial charge in [-0.15, -0.1) is 0 Å². The summed E-state index contributed by atoms with van der Waals surface area (Å²) in [6.07, 6.45) is 1.37. The average molecular weight is 378 g/mol. The lowest BCUT2D eigenvalue weighted by molar-refractivity contribution is 0.0258. The largest absolute Gasteiger partial charge is 0.457 e. The van der Waals surface area contributed by atoms with Gasteiger partial charge in [0.25, 0.3) is 0 Å². The van der Waals surface area contributed by atoms with Crippen molar-refractivity contribution in [3.8, 4) is 11.5 Å². The monoisotopic (exact) mass is 378 g/mol. The van der Waals surface area contributed by atoms with E-state index in [0.717, 1.165) is 29.9 Å². The third-order valence-electron chi connectivity index (χ3n) is 4.86. The minimum Gasteiger partial charge on any atom is -0.457 e. The average Bonchev–Trinajstić information content (AvgIpc) is 2.84. The normalized spacial score (nSPS) is 14.5. The molecular formula is C23H26N2O3. The second-order valence-electron chi connectivity index (χ2n) is 8.17. The van der Waals surface area contributed by atoms with E-state index in [1.807, 2.05) is 63.2 Å². The number of carbonyl (C=O) groups excluding carboxylic acids is 1. The van der Waals surface area contributed by atoms with Gasteiger partial charge in [-0.25, -0.2) is 4.79 Å². The Morgan fingerprint density at radius 3 is 2.50 bits per heavy atom.